The van der Waals surface area contributed by atoms with Crippen molar-refractivity contribution >= 4 is 28.7 Å². The standard InChI is InChI=1S/C12H16FN3S/c1-8(7-17-2)6-14-12-15-10-4-3-9(13)5-11(10)16-12/h3-5,8H,6-7H2,1-2H3,(H2,14,15,16). The topological polar surface area (TPSA) is 40.7 Å². The number of aromatic nitrogens is 2. The van der Waals surface area contributed by atoms with Crippen molar-refractivity contribution in [1.29, 1.82) is 0 Å². The van der Waals surface area contributed by atoms with E-state index in [-0.39, 0.29) is 5.82 Å². The number of halogens is 1. The third-order valence-electron chi connectivity index (χ3n) is 2.51. The summed E-state index contributed by atoms with van der Waals surface area (Å²) in [5.41, 5.74) is 1.51. The maximum atomic E-state index is 13.0. The number of thioether (sulfide) groups is 1. The average Bonchev–Trinajstić information content (AvgIpc) is 2.68. The second-order valence-electron chi connectivity index (χ2n) is 4.19. The molecule has 1 heterocycles. The molecular formula is C12H16FN3S. The third-order valence-corrected chi connectivity index (χ3v) is 3.42. The number of nitrogens with zero attached hydrogens (tertiary/aromatic N) is 1. The quantitative estimate of drug-likeness (QED) is 0.860. The van der Waals surface area contributed by atoms with E-state index in [0.717, 1.165) is 23.3 Å². The lowest BCUT2D eigenvalue weighted by Gasteiger charge is -2.09. The van der Waals surface area contributed by atoms with Crippen LogP contribution >= 0.6 is 11.8 Å². The first-order valence-corrected chi connectivity index (χ1v) is 6.96. The zero-order chi connectivity index (χ0) is 12.3. The molecule has 5 heteroatoms. The van der Waals surface area contributed by atoms with Crippen LogP contribution in [-0.2, 0) is 0 Å². The average molecular weight is 253 g/mol. The van der Waals surface area contributed by atoms with E-state index in [2.05, 4.69) is 28.5 Å². The van der Waals surface area contributed by atoms with Gasteiger partial charge in [0.1, 0.15) is 5.82 Å². The Morgan fingerprint density at radius 3 is 3.12 bits per heavy atom. The number of rotatable bonds is 5. The van der Waals surface area contributed by atoms with Crippen molar-refractivity contribution in [1.82, 2.24) is 9.97 Å². The van der Waals surface area contributed by atoms with Gasteiger partial charge in [-0.15, -0.1) is 0 Å². The molecule has 0 aliphatic carbocycles. The summed E-state index contributed by atoms with van der Waals surface area (Å²) in [6.07, 6.45) is 2.10. The Hall–Kier alpha value is -1.23. The number of benzene rings is 1. The molecule has 0 radical (unpaired) electrons. The van der Waals surface area contributed by atoms with Crippen molar-refractivity contribution in [3.63, 3.8) is 0 Å². The zero-order valence-corrected chi connectivity index (χ0v) is 10.8. The normalized spacial score (nSPS) is 12.9. The van der Waals surface area contributed by atoms with E-state index in [4.69, 9.17) is 0 Å². The van der Waals surface area contributed by atoms with Crippen LogP contribution in [0.1, 0.15) is 6.92 Å². The van der Waals surface area contributed by atoms with Gasteiger partial charge in [-0.3, -0.25) is 0 Å². The number of fused-ring (bicyclic) bond motifs is 1. The summed E-state index contributed by atoms with van der Waals surface area (Å²) in [5.74, 6) is 2.15. The minimum atomic E-state index is -0.247. The highest BCUT2D eigenvalue weighted by molar-refractivity contribution is 7.98. The molecule has 0 saturated carbocycles. The Morgan fingerprint density at radius 1 is 1.53 bits per heavy atom. The monoisotopic (exact) mass is 253 g/mol. The molecule has 2 N–H and O–H groups in total. The largest absolute Gasteiger partial charge is 0.356 e. The molecule has 1 aromatic heterocycles. The summed E-state index contributed by atoms with van der Waals surface area (Å²) in [6.45, 7) is 3.05. The molecule has 1 atom stereocenters. The van der Waals surface area contributed by atoms with Gasteiger partial charge >= 0.3 is 0 Å². The molecule has 2 rings (SSSR count). The number of imidazole rings is 1. The number of anilines is 1. The number of aromatic amines is 1. The van der Waals surface area contributed by atoms with Gasteiger partial charge in [-0.2, -0.15) is 11.8 Å². The molecule has 0 aliphatic heterocycles. The van der Waals surface area contributed by atoms with E-state index in [1.165, 1.54) is 12.1 Å². The van der Waals surface area contributed by atoms with Gasteiger partial charge in [0, 0.05) is 6.54 Å². The van der Waals surface area contributed by atoms with E-state index in [1.807, 2.05) is 11.8 Å². The van der Waals surface area contributed by atoms with Crippen LogP contribution in [0.2, 0.25) is 0 Å². The Morgan fingerprint density at radius 2 is 2.35 bits per heavy atom. The Bertz CT molecular complexity index is 497. The highest BCUT2D eigenvalue weighted by Gasteiger charge is 2.05. The molecule has 3 nitrogen and oxygen atoms in total. The van der Waals surface area contributed by atoms with Crippen LogP contribution in [0.15, 0.2) is 18.2 Å². The number of nitrogens with one attached hydrogen (secondary N) is 2. The lowest BCUT2D eigenvalue weighted by molar-refractivity contribution is 0.629. The molecule has 1 unspecified atom stereocenters. The lowest BCUT2D eigenvalue weighted by Crippen LogP contribution is -2.13. The lowest BCUT2D eigenvalue weighted by atomic mass is 10.2. The van der Waals surface area contributed by atoms with Crippen LogP contribution in [-0.4, -0.2) is 28.5 Å². The summed E-state index contributed by atoms with van der Waals surface area (Å²) < 4.78 is 13.0. The van der Waals surface area contributed by atoms with Crippen molar-refractivity contribution in [2.24, 2.45) is 5.92 Å². The van der Waals surface area contributed by atoms with Crippen molar-refractivity contribution in [3.05, 3.63) is 24.0 Å². The van der Waals surface area contributed by atoms with Crippen LogP contribution in [0.5, 0.6) is 0 Å². The molecule has 0 amide bonds. The summed E-state index contributed by atoms with van der Waals surface area (Å²) >= 11 is 1.83. The SMILES string of the molecule is CSCC(C)CNc1nc2ccc(F)cc2[nH]1. The van der Waals surface area contributed by atoms with Gasteiger partial charge < -0.3 is 10.3 Å². The van der Waals surface area contributed by atoms with Crippen LogP contribution in [0.25, 0.3) is 11.0 Å². The van der Waals surface area contributed by atoms with Crippen LogP contribution in [0, 0.1) is 11.7 Å². The summed E-state index contributed by atoms with van der Waals surface area (Å²) in [6, 6.07) is 4.56. The highest BCUT2D eigenvalue weighted by atomic mass is 32.2. The van der Waals surface area contributed by atoms with Crippen molar-refractivity contribution in [2.45, 2.75) is 6.92 Å². The minimum absolute atomic E-state index is 0.247. The van der Waals surface area contributed by atoms with E-state index in [9.17, 15) is 4.39 Å². The van der Waals surface area contributed by atoms with Crippen LogP contribution in [0.3, 0.4) is 0 Å². The van der Waals surface area contributed by atoms with Gasteiger partial charge in [0.25, 0.3) is 0 Å². The molecule has 0 bridgehead atoms. The molecule has 0 fully saturated rings. The van der Waals surface area contributed by atoms with Crippen molar-refractivity contribution < 1.29 is 4.39 Å². The molecule has 0 saturated heterocycles. The van der Waals surface area contributed by atoms with Gasteiger partial charge in [0.05, 0.1) is 11.0 Å². The highest BCUT2D eigenvalue weighted by Crippen LogP contribution is 2.15. The second kappa shape index (κ2) is 5.40. The Kier molecular flexibility index (Phi) is 3.89. The predicted octanol–water partition coefficient (Wildman–Crippen LogP) is 3.11. The fraction of sp³-hybridized carbons (Fsp3) is 0.417. The van der Waals surface area contributed by atoms with Gasteiger partial charge in [-0.1, -0.05) is 6.92 Å². The number of H-pyrrole nitrogens is 1. The molecule has 1 aromatic carbocycles. The fourth-order valence-electron chi connectivity index (χ4n) is 1.68. The van der Waals surface area contributed by atoms with E-state index < -0.39 is 0 Å². The molecule has 2 aromatic rings. The Balaban J connectivity index is 2.04. The van der Waals surface area contributed by atoms with Gasteiger partial charge in [0.2, 0.25) is 5.95 Å². The van der Waals surface area contributed by atoms with Crippen LogP contribution < -0.4 is 5.32 Å². The third kappa shape index (κ3) is 3.12. The first-order valence-electron chi connectivity index (χ1n) is 5.57. The first-order chi connectivity index (χ1) is 8.19. The van der Waals surface area contributed by atoms with E-state index in [1.54, 1.807) is 6.07 Å². The summed E-state index contributed by atoms with van der Waals surface area (Å²) in [5, 5.41) is 3.24. The molecule has 17 heavy (non-hydrogen) atoms. The Labute approximate surface area is 104 Å². The fourth-order valence-corrected chi connectivity index (χ4v) is 2.37. The first kappa shape index (κ1) is 12.2. The van der Waals surface area contributed by atoms with Crippen molar-refractivity contribution in [2.75, 3.05) is 23.9 Å². The van der Waals surface area contributed by atoms with E-state index in [0.29, 0.717) is 11.9 Å². The van der Waals surface area contributed by atoms with E-state index >= 15 is 0 Å². The smallest absolute Gasteiger partial charge is 0.201 e. The molecular weight excluding hydrogens is 237 g/mol. The minimum Gasteiger partial charge on any atom is -0.356 e. The summed E-state index contributed by atoms with van der Waals surface area (Å²) in [4.78, 5) is 7.41. The van der Waals surface area contributed by atoms with Gasteiger partial charge in [-0.05, 0) is 36.1 Å². The van der Waals surface area contributed by atoms with Gasteiger partial charge in [0.15, 0.2) is 0 Å². The number of hydrogen-bond donors (Lipinski definition) is 2. The van der Waals surface area contributed by atoms with Crippen molar-refractivity contribution in [3.8, 4) is 0 Å². The second-order valence-corrected chi connectivity index (χ2v) is 5.10. The molecule has 0 spiro atoms. The predicted molar refractivity (Wildman–Crippen MR) is 72.1 cm³/mol. The zero-order valence-electron chi connectivity index (χ0n) is 9.96. The molecule has 0 aliphatic rings. The van der Waals surface area contributed by atoms with Crippen LogP contribution in [0.4, 0.5) is 10.3 Å². The maximum absolute atomic E-state index is 13.0. The number of hydrogen-bond acceptors (Lipinski definition) is 3. The van der Waals surface area contributed by atoms with Gasteiger partial charge in [-0.25, -0.2) is 9.37 Å². The maximum Gasteiger partial charge on any atom is 0.201 e. The summed E-state index contributed by atoms with van der Waals surface area (Å²) in [7, 11) is 0. The molecule has 92 valence electrons.